The molecule has 170 valence electrons. The minimum atomic E-state index is -0.589. The molecular formula is C22H30FN3O5. The van der Waals surface area contributed by atoms with Crippen molar-refractivity contribution in [1.29, 1.82) is 0 Å². The second kappa shape index (κ2) is 9.21. The maximum atomic E-state index is 15.0. The lowest BCUT2D eigenvalue weighted by molar-refractivity contribution is -0.133. The van der Waals surface area contributed by atoms with Gasteiger partial charge in [0.25, 0.3) is 0 Å². The molecule has 8 nitrogen and oxygen atoms in total. The molecule has 2 aliphatic rings. The van der Waals surface area contributed by atoms with E-state index in [9.17, 15) is 18.8 Å². The molecule has 0 unspecified atom stereocenters. The van der Waals surface area contributed by atoms with Crippen LogP contribution in [0.25, 0.3) is 0 Å². The molecule has 0 radical (unpaired) electrons. The van der Waals surface area contributed by atoms with E-state index in [2.05, 4.69) is 10.6 Å². The van der Waals surface area contributed by atoms with Gasteiger partial charge in [0.05, 0.1) is 12.6 Å². The van der Waals surface area contributed by atoms with E-state index >= 15 is 0 Å². The van der Waals surface area contributed by atoms with Crippen LogP contribution in [0.15, 0.2) is 18.2 Å². The van der Waals surface area contributed by atoms with Crippen molar-refractivity contribution in [2.24, 2.45) is 0 Å². The first-order valence-corrected chi connectivity index (χ1v) is 10.5. The van der Waals surface area contributed by atoms with Gasteiger partial charge in [-0.25, -0.2) is 9.18 Å². The van der Waals surface area contributed by atoms with Crippen molar-refractivity contribution in [3.05, 3.63) is 29.6 Å². The first kappa shape index (κ1) is 23.0. The van der Waals surface area contributed by atoms with E-state index in [4.69, 9.17) is 9.47 Å². The van der Waals surface area contributed by atoms with Gasteiger partial charge in [-0.2, -0.15) is 0 Å². The number of methoxy groups -OCH3 is 1. The normalized spacial score (nSPS) is 24.5. The zero-order valence-electron chi connectivity index (χ0n) is 18.4. The summed E-state index contributed by atoms with van der Waals surface area (Å²) < 4.78 is 26.0. The fraction of sp³-hybridized carbons (Fsp3) is 0.591. The van der Waals surface area contributed by atoms with Gasteiger partial charge in [0.1, 0.15) is 17.5 Å². The van der Waals surface area contributed by atoms with Crippen LogP contribution >= 0.6 is 0 Å². The second-order valence-electron chi connectivity index (χ2n) is 8.98. The summed E-state index contributed by atoms with van der Waals surface area (Å²) in [6.07, 6.45) is 0.370. The van der Waals surface area contributed by atoms with E-state index in [-0.39, 0.29) is 24.3 Å². The maximum absolute atomic E-state index is 15.0. The second-order valence-corrected chi connectivity index (χ2v) is 8.98. The van der Waals surface area contributed by atoms with Gasteiger partial charge in [-0.05, 0) is 51.3 Å². The molecule has 2 aliphatic heterocycles. The minimum absolute atomic E-state index is 0.215. The highest BCUT2D eigenvalue weighted by Gasteiger charge is 2.36. The zero-order chi connectivity index (χ0) is 22.8. The number of imide groups is 1. The highest BCUT2D eigenvalue weighted by atomic mass is 19.1. The number of ether oxygens (including phenoxy) is 2. The van der Waals surface area contributed by atoms with Crippen LogP contribution in [-0.2, 0) is 19.1 Å². The van der Waals surface area contributed by atoms with Crippen molar-refractivity contribution in [3.63, 3.8) is 0 Å². The van der Waals surface area contributed by atoms with Crippen molar-refractivity contribution in [3.8, 4) is 0 Å². The van der Waals surface area contributed by atoms with E-state index in [0.717, 1.165) is 0 Å². The number of hydrogen-bond donors (Lipinski definition) is 2. The number of hydrogen-bond acceptors (Lipinski definition) is 6. The number of rotatable bonds is 4. The van der Waals surface area contributed by atoms with Crippen LogP contribution in [-0.4, -0.2) is 60.8 Å². The molecule has 0 aromatic heterocycles. The third-order valence-electron chi connectivity index (χ3n) is 5.49. The van der Waals surface area contributed by atoms with Gasteiger partial charge in [0, 0.05) is 31.7 Å². The van der Waals surface area contributed by atoms with Gasteiger partial charge in [0.2, 0.25) is 11.8 Å². The number of nitrogens with one attached hydrogen (secondary N) is 2. The largest absolute Gasteiger partial charge is 0.444 e. The zero-order valence-corrected chi connectivity index (χ0v) is 18.4. The topological polar surface area (TPSA) is 97.0 Å². The molecule has 9 heteroatoms. The number of halogens is 1. The molecule has 2 fully saturated rings. The van der Waals surface area contributed by atoms with E-state index in [0.29, 0.717) is 37.2 Å². The van der Waals surface area contributed by atoms with Gasteiger partial charge in [-0.1, -0.05) is 6.07 Å². The third-order valence-corrected chi connectivity index (χ3v) is 5.49. The van der Waals surface area contributed by atoms with E-state index in [1.54, 1.807) is 24.1 Å². The standard InChI is InChI=1S/C22H30FN3O5/c1-22(2,3)31-21(29)26-10-9-15(18(12-26)30-4)14-6-5-13(11-16(14)23)24-17-7-8-19(27)25-20(17)28/h5-6,11,15,17-18,24H,7-10,12H2,1-4H3,(H,25,27,28)/t15-,17-,18+/m0/s1. The Morgan fingerprint density at radius 2 is 2.00 bits per heavy atom. The Bertz CT molecular complexity index is 854. The molecule has 3 rings (SSSR count). The molecule has 0 saturated carbocycles. The monoisotopic (exact) mass is 435 g/mol. The number of likely N-dealkylation sites (tertiary alicyclic amines) is 1. The summed E-state index contributed by atoms with van der Waals surface area (Å²) >= 11 is 0. The van der Waals surface area contributed by atoms with Crippen LogP contribution in [0.3, 0.4) is 0 Å². The summed E-state index contributed by atoms with van der Waals surface area (Å²) in [5, 5.41) is 5.26. The van der Waals surface area contributed by atoms with Crippen molar-refractivity contribution < 1.29 is 28.2 Å². The lowest BCUT2D eigenvalue weighted by Crippen LogP contribution is -2.48. The minimum Gasteiger partial charge on any atom is -0.444 e. The van der Waals surface area contributed by atoms with Gasteiger partial charge in [0.15, 0.2) is 0 Å². The molecule has 3 atom stereocenters. The van der Waals surface area contributed by atoms with Crippen molar-refractivity contribution in [2.75, 3.05) is 25.5 Å². The number of carbonyl (C=O) groups is 3. The Balaban J connectivity index is 1.67. The summed E-state index contributed by atoms with van der Waals surface area (Å²) in [6, 6.07) is 4.18. The number of amides is 3. The van der Waals surface area contributed by atoms with Crippen LogP contribution in [0.5, 0.6) is 0 Å². The summed E-state index contributed by atoms with van der Waals surface area (Å²) in [6.45, 7) is 6.18. The molecule has 2 N–H and O–H groups in total. The fourth-order valence-electron chi connectivity index (χ4n) is 3.95. The van der Waals surface area contributed by atoms with Gasteiger partial charge in [-0.3, -0.25) is 14.9 Å². The first-order valence-electron chi connectivity index (χ1n) is 10.5. The van der Waals surface area contributed by atoms with E-state index in [1.165, 1.54) is 6.07 Å². The van der Waals surface area contributed by atoms with E-state index in [1.807, 2.05) is 20.8 Å². The van der Waals surface area contributed by atoms with Crippen molar-refractivity contribution >= 4 is 23.6 Å². The van der Waals surface area contributed by atoms with Crippen LogP contribution < -0.4 is 10.6 Å². The molecule has 2 heterocycles. The number of piperidine rings is 2. The summed E-state index contributed by atoms with van der Waals surface area (Å²) in [5.41, 5.74) is 0.383. The van der Waals surface area contributed by atoms with Crippen LogP contribution in [0.1, 0.15) is 51.5 Å². The summed E-state index contributed by atoms with van der Waals surface area (Å²) in [4.78, 5) is 37.2. The summed E-state index contributed by atoms with van der Waals surface area (Å²) in [7, 11) is 1.55. The lowest BCUT2D eigenvalue weighted by Gasteiger charge is -2.38. The molecule has 1 aromatic rings. The molecule has 0 bridgehead atoms. The average Bonchev–Trinajstić information content (AvgIpc) is 2.68. The molecule has 0 spiro atoms. The van der Waals surface area contributed by atoms with Crippen LogP contribution in [0.2, 0.25) is 0 Å². The van der Waals surface area contributed by atoms with Crippen molar-refractivity contribution in [2.45, 2.75) is 63.7 Å². The number of anilines is 1. The summed E-state index contributed by atoms with van der Waals surface area (Å²) in [5.74, 6) is -1.33. The highest BCUT2D eigenvalue weighted by molar-refractivity contribution is 6.01. The molecule has 3 amide bonds. The average molecular weight is 435 g/mol. The Kier molecular flexibility index (Phi) is 6.83. The van der Waals surface area contributed by atoms with Crippen LogP contribution in [0.4, 0.5) is 14.9 Å². The Hall–Kier alpha value is -2.68. The molecule has 1 aromatic carbocycles. The molecule has 0 aliphatic carbocycles. The smallest absolute Gasteiger partial charge is 0.410 e. The SMILES string of the molecule is CO[C@@H]1CN(C(=O)OC(C)(C)C)CC[C@H]1c1ccc(N[C@H]2CCC(=O)NC2=O)cc1F. The first-order chi connectivity index (χ1) is 14.6. The Morgan fingerprint density at radius 1 is 1.26 bits per heavy atom. The Labute approximate surface area is 181 Å². The number of benzene rings is 1. The van der Waals surface area contributed by atoms with Crippen molar-refractivity contribution in [1.82, 2.24) is 10.2 Å². The molecular weight excluding hydrogens is 405 g/mol. The highest BCUT2D eigenvalue weighted by Crippen LogP contribution is 2.33. The van der Waals surface area contributed by atoms with Crippen LogP contribution in [0, 0.1) is 5.82 Å². The molecule has 31 heavy (non-hydrogen) atoms. The number of nitrogens with zero attached hydrogens (tertiary/aromatic N) is 1. The Morgan fingerprint density at radius 3 is 2.61 bits per heavy atom. The predicted octanol–water partition coefficient (Wildman–Crippen LogP) is 2.78. The third kappa shape index (κ3) is 5.72. The van der Waals surface area contributed by atoms with Gasteiger partial charge in [-0.15, -0.1) is 0 Å². The fourth-order valence-corrected chi connectivity index (χ4v) is 3.95. The predicted molar refractivity (Wildman–Crippen MR) is 112 cm³/mol. The van der Waals surface area contributed by atoms with E-state index < -0.39 is 29.5 Å². The maximum Gasteiger partial charge on any atom is 0.410 e. The van der Waals surface area contributed by atoms with Gasteiger partial charge < -0.3 is 19.7 Å². The molecule has 2 saturated heterocycles. The van der Waals surface area contributed by atoms with Gasteiger partial charge >= 0.3 is 6.09 Å². The quantitative estimate of drug-likeness (QED) is 0.706. The lowest BCUT2D eigenvalue weighted by atomic mass is 9.86. The number of carbonyl (C=O) groups excluding carboxylic acids is 3.